The van der Waals surface area contributed by atoms with Gasteiger partial charge in [-0.1, -0.05) is 29.8 Å². The van der Waals surface area contributed by atoms with Gasteiger partial charge in [0.1, 0.15) is 0 Å². The molecule has 0 fully saturated rings. The first kappa shape index (κ1) is 22.2. The SMILES string of the molecule is CN=C(NCCNC(=O)c1ccccc1Cl)NCCc1ccccn1.I. The van der Waals surface area contributed by atoms with Crippen LogP contribution in [-0.2, 0) is 6.42 Å². The number of amides is 1. The van der Waals surface area contributed by atoms with Crippen LogP contribution in [0.4, 0.5) is 0 Å². The second-order valence-corrected chi connectivity index (χ2v) is 5.64. The number of benzene rings is 1. The fraction of sp³-hybridized carbons (Fsp3) is 0.278. The van der Waals surface area contributed by atoms with Gasteiger partial charge in [-0.2, -0.15) is 0 Å². The number of nitrogens with one attached hydrogen (secondary N) is 3. The molecule has 2 rings (SSSR count). The van der Waals surface area contributed by atoms with Crippen LogP contribution in [0.5, 0.6) is 0 Å². The summed E-state index contributed by atoms with van der Waals surface area (Å²) in [6, 6.07) is 12.8. The van der Waals surface area contributed by atoms with E-state index in [2.05, 4.69) is 25.9 Å². The van der Waals surface area contributed by atoms with Crippen LogP contribution in [0.3, 0.4) is 0 Å². The lowest BCUT2D eigenvalue weighted by Gasteiger charge is -2.12. The van der Waals surface area contributed by atoms with E-state index in [1.807, 2.05) is 18.2 Å². The van der Waals surface area contributed by atoms with E-state index in [-0.39, 0.29) is 29.9 Å². The monoisotopic (exact) mass is 487 g/mol. The van der Waals surface area contributed by atoms with E-state index >= 15 is 0 Å². The molecule has 3 N–H and O–H groups in total. The van der Waals surface area contributed by atoms with Gasteiger partial charge in [0.15, 0.2) is 5.96 Å². The zero-order valence-corrected chi connectivity index (χ0v) is 17.6. The Morgan fingerprint density at radius 3 is 2.42 bits per heavy atom. The smallest absolute Gasteiger partial charge is 0.252 e. The standard InChI is InChI=1S/C18H22ClN5O.HI/c1-20-18(23-11-9-14-6-4-5-10-21-14)24-13-12-22-17(25)15-7-2-3-8-16(15)19;/h2-8,10H,9,11-13H2,1H3,(H,22,25)(H2,20,23,24);1H. The van der Waals surface area contributed by atoms with Crippen molar-refractivity contribution >= 4 is 47.4 Å². The molecule has 0 radical (unpaired) electrons. The topological polar surface area (TPSA) is 78.4 Å². The lowest BCUT2D eigenvalue weighted by atomic mass is 10.2. The summed E-state index contributed by atoms with van der Waals surface area (Å²) < 4.78 is 0. The number of nitrogens with zero attached hydrogens (tertiary/aromatic N) is 2. The fourth-order valence-corrected chi connectivity index (χ4v) is 2.39. The third-order valence-corrected chi connectivity index (χ3v) is 3.77. The number of hydrogen-bond acceptors (Lipinski definition) is 3. The van der Waals surface area contributed by atoms with Crippen molar-refractivity contribution in [3.8, 4) is 0 Å². The van der Waals surface area contributed by atoms with Crippen LogP contribution in [0.1, 0.15) is 16.1 Å². The number of hydrogen-bond donors (Lipinski definition) is 3. The van der Waals surface area contributed by atoms with Crippen LogP contribution >= 0.6 is 35.6 Å². The van der Waals surface area contributed by atoms with Crippen LogP contribution in [-0.4, -0.2) is 43.5 Å². The number of aliphatic imine (C=N–C) groups is 1. The van der Waals surface area contributed by atoms with E-state index in [0.717, 1.165) is 18.7 Å². The van der Waals surface area contributed by atoms with Crippen molar-refractivity contribution in [3.63, 3.8) is 0 Å². The lowest BCUT2D eigenvalue weighted by molar-refractivity contribution is 0.0954. The van der Waals surface area contributed by atoms with Crippen LogP contribution in [0, 0.1) is 0 Å². The van der Waals surface area contributed by atoms with E-state index in [1.165, 1.54) is 0 Å². The van der Waals surface area contributed by atoms with E-state index in [0.29, 0.717) is 29.6 Å². The Labute approximate surface area is 175 Å². The molecule has 0 spiro atoms. The molecule has 1 aromatic carbocycles. The first-order valence-electron chi connectivity index (χ1n) is 8.08. The summed E-state index contributed by atoms with van der Waals surface area (Å²) in [5.41, 5.74) is 1.50. The van der Waals surface area contributed by atoms with Crippen molar-refractivity contribution in [3.05, 3.63) is 64.9 Å². The minimum atomic E-state index is -0.189. The molecule has 140 valence electrons. The fourth-order valence-electron chi connectivity index (χ4n) is 2.17. The molecule has 1 heterocycles. The number of aromatic nitrogens is 1. The summed E-state index contributed by atoms with van der Waals surface area (Å²) in [6.07, 6.45) is 2.59. The van der Waals surface area contributed by atoms with Crippen LogP contribution in [0.2, 0.25) is 5.02 Å². The van der Waals surface area contributed by atoms with E-state index < -0.39 is 0 Å². The molecule has 2 aromatic rings. The molecule has 0 bridgehead atoms. The van der Waals surface area contributed by atoms with E-state index in [4.69, 9.17) is 11.6 Å². The maximum Gasteiger partial charge on any atom is 0.252 e. The first-order chi connectivity index (χ1) is 12.2. The predicted molar refractivity (Wildman–Crippen MR) is 117 cm³/mol. The molecule has 0 atom stereocenters. The molecule has 1 aromatic heterocycles. The second kappa shape index (κ2) is 12.5. The van der Waals surface area contributed by atoms with Gasteiger partial charge in [-0.3, -0.25) is 14.8 Å². The molecule has 0 saturated heterocycles. The maximum absolute atomic E-state index is 12.0. The zero-order valence-electron chi connectivity index (χ0n) is 14.5. The molecule has 0 aliphatic rings. The van der Waals surface area contributed by atoms with Crippen molar-refractivity contribution in [2.45, 2.75) is 6.42 Å². The number of pyridine rings is 1. The van der Waals surface area contributed by atoms with Crippen molar-refractivity contribution in [2.75, 3.05) is 26.7 Å². The third kappa shape index (κ3) is 7.57. The highest BCUT2D eigenvalue weighted by atomic mass is 127. The molecule has 0 unspecified atom stereocenters. The minimum Gasteiger partial charge on any atom is -0.356 e. The van der Waals surface area contributed by atoms with Gasteiger partial charge < -0.3 is 16.0 Å². The summed E-state index contributed by atoms with van der Waals surface area (Å²) in [5, 5.41) is 9.63. The van der Waals surface area contributed by atoms with Gasteiger partial charge in [-0.05, 0) is 24.3 Å². The van der Waals surface area contributed by atoms with E-state index in [1.54, 1.807) is 37.5 Å². The molecule has 8 heteroatoms. The highest BCUT2D eigenvalue weighted by Crippen LogP contribution is 2.14. The Morgan fingerprint density at radius 1 is 1.04 bits per heavy atom. The number of halogens is 2. The number of carbonyl (C=O) groups excluding carboxylic acids is 1. The molecule has 6 nitrogen and oxygen atoms in total. The Balaban J connectivity index is 0.00000338. The van der Waals surface area contributed by atoms with Gasteiger partial charge in [-0.15, -0.1) is 24.0 Å². The molecule has 0 saturated carbocycles. The quantitative estimate of drug-likeness (QED) is 0.243. The summed E-state index contributed by atoms with van der Waals surface area (Å²) >= 11 is 6.00. The summed E-state index contributed by atoms with van der Waals surface area (Å²) in [5.74, 6) is 0.494. The summed E-state index contributed by atoms with van der Waals surface area (Å²) in [4.78, 5) is 20.5. The van der Waals surface area contributed by atoms with Gasteiger partial charge in [0.05, 0.1) is 10.6 Å². The Morgan fingerprint density at radius 2 is 1.73 bits per heavy atom. The van der Waals surface area contributed by atoms with Crippen molar-refractivity contribution in [2.24, 2.45) is 4.99 Å². The Kier molecular flexibility index (Phi) is 10.6. The molecular weight excluding hydrogens is 465 g/mol. The molecule has 0 aliphatic heterocycles. The predicted octanol–water partition coefficient (Wildman–Crippen LogP) is 2.49. The molecular formula is C18H23ClIN5O. The van der Waals surface area contributed by atoms with Crippen LogP contribution in [0.15, 0.2) is 53.7 Å². The molecule has 26 heavy (non-hydrogen) atoms. The van der Waals surface area contributed by atoms with E-state index in [9.17, 15) is 4.79 Å². The highest BCUT2D eigenvalue weighted by Gasteiger charge is 2.08. The highest BCUT2D eigenvalue weighted by molar-refractivity contribution is 14.0. The van der Waals surface area contributed by atoms with Gasteiger partial charge in [0.2, 0.25) is 0 Å². The normalized spacial score (nSPS) is 10.6. The van der Waals surface area contributed by atoms with Crippen molar-refractivity contribution in [1.29, 1.82) is 0 Å². The van der Waals surface area contributed by atoms with Crippen molar-refractivity contribution in [1.82, 2.24) is 20.9 Å². The Bertz CT molecular complexity index is 712. The number of guanidine groups is 1. The van der Waals surface area contributed by atoms with Crippen LogP contribution < -0.4 is 16.0 Å². The molecule has 0 aliphatic carbocycles. The second-order valence-electron chi connectivity index (χ2n) is 5.23. The third-order valence-electron chi connectivity index (χ3n) is 3.44. The average Bonchev–Trinajstić information content (AvgIpc) is 2.64. The van der Waals surface area contributed by atoms with Gasteiger partial charge in [0.25, 0.3) is 5.91 Å². The van der Waals surface area contributed by atoms with Crippen LogP contribution in [0.25, 0.3) is 0 Å². The van der Waals surface area contributed by atoms with Gasteiger partial charge in [0, 0.05) is 45.0 Å². The lowest BCUT2D eigenvalue weighted by Crippen LogP contribution is -2.42. The summed E-state index contributed by atoms with van der Waals surface area (Å²) in [7, 11) is 1.71. The van der Waals surface area contributed by atoms with Gasteiger partial charge in [-0.25, -0.2) is 0 Å². The minimum absolute atomic E-state index is 0. The average molecular weight is 488 g/mol. The van der Waals surface area contributed by atoms with Crippen molar-refractivity contribution < 1.29 is 4.79 Å². The largest absolute Gasteiger partial charge is 0.356 e. The molecule has 1 amide bonds. The van der Waals surface area contributed by atoms with Gasteiger partial charge >= 0.3 is 0 Å². The maximum atomic E-state index is 12.0. The Hall–Kier alpha value is -1.87. The number of carbonyl (C=O) groups is 1. The summed E-state index contributed by atoms with van der Waals surface area (Å²) in [6.45, 7) is 1.74. The zero-order chi connectivity index (χ0) is 17.9. The number of rotatable bonds is 7. The first-order valence-corrected chi connectivity index (χ1v) is 8.45.